The molecule has 3 rings (SSSR count). The average molecular weight is 324 g/mol. The van der Waals surface area contributed by atoms with Gasteiger partial charge in [0.1, 0.15) is 12.7 Å². The van der Waals surface area contributed by atoms with Crippen LogP contribution in [0, 0.1) is 13.8 Å². The highest BCUT2D eigenvalue weighted by Gasteiger charge is 2.41. The van der Waals surface area contributed by atoms with E-state index in [1.807, 2.05) is 0 Å². The number of carbonyl (C=O) groups excluding carboxylic acids is 1. The molecule has 0 fully saturated rings. The van der Waals surface area contributed by atoms with Crippen molar-refractivity contribution in [3.05, 3.63) is 46.8 Å². The lowest BCUT2D eigenvalue weighted by Crippen LogP contribution is -2.47. The molecule has 0 saturated heterocycles. The van der Waals surface area contributed by atoms with Crippen molar-refractivity contribution in [2.75, 3.05) is 11.9 Å². The third-order valence-corrected chi connectivity index (χ3v) is 3.83. The lowest BCUT2D eigenvalue weighted by Gasteiger charge is -2.38. The van der Waals surface area contributed by atoms with Crippen molar-refractivity contribution in [2.24, 2.45) is 0 Å². The van der Waals surface area contributed by atoms with Gasteiger partial charge in [-0.2, -0.15) is 18.3 Å². The van der Waals surface area contributed by atoms with Crippen LogP contribution in [-0.4, -0.2) is 33.7 Å². The van der Waals surface area contributed by atoms with Crippen LogP contribution in [0.3, 0.4) is 0 Å². The van der Waals surface area contributed by atoms with E-state index >= 15 is 0 Å². The molecule has 1 aliphatic heterocycles. The van der Waals surface area contributed by atoms with Crippen LogP contribution in [0.15, 0.2) is 24.3 Å². The molecule has 0 radical (unpaired) electrons. The fraction of sp³-hybridized carbons (Fsp3) is 0.333. The summed E-state index contributed by atoms with van der Waals surface area (Å²) in [5.74, 6) is -0.651. The van der Waals surface area contributed by atoms with Gasteiger partial charge >= 0.3 is 6.18 Å². The van der Waals surface area contributed by atoms with Gasteiger partial charge < -0.3 is 10.2 Å². The van der Waals surface area contributed by atoms with Crippen LogP contribution in [0.25, 0.3) is 0 Å². The molecular weight excluding hydrogens is 309 g/mol. The molecule has 23 heavy (non-hydrogen) atoms. The van der Waals surface area contributed by atoms with E-state index in [4.69, 9.17) is 0 Å². The van der Waals surface area contributed by atoms with E-state index < -0.39 is 24.8 Å². The number of alkyl halides is 3. The van der Waals surface area contributed by atoms with Crippen molar-refractivity contribution in [3.8, 4) is 0 Å². The normalized spacial score (nSPS) is 17.9. The van der Waals surface area contributed by atoms with E-state index in [9.17, 15) is 18.0 Å². The van der Waals surface area contributed by atoms with Crippen LogP contribution >= 0.6 is 0 Å². The Hall–Kier alpha value is -2.51. The smallest absolute Gasteiger partial charge is 0.361 e. The lowest BCUT2D eigenvalue weighted by atomic mass is 10.0. The predicted octanol–water partition coefficient (Wildman–Crippen LogP) is 3.16. The van der Waals surface area contributed by atoms with Crippen LogP contribution in [-0.2, 0) is 0 Å². The topological polar surface area (TPSA) is 61.0 Å². The largest absolute Gasteiger partial charge is 0.406 e. The summed E-state index contributed by atoms with van der Waals surface area (Å²) in [4.78, 5) is 13.4. The number of amides is 1. The van der Waals surface area contributed by atoms with E-state index in [0.717, 1.165) is 4.90 Å². The number of hydrogen-bond donors (Lipinski definition) is 2. The minimum atomic E-state index is -4.49. The van der Waals surface area contributed by atoms with Gasteiger partial charge in [-0.15, -0.1) is 0 Å². The van der Waals surface area contributed by atoms with Gasteiger partial charge in [0.15, 0.2) is 0 Å². The number of anilines is 1. The van der Waals surface area contributed by atoms with Crippen LogP contribution in [0.4, 0.5) is 18.9 Å². The van der Waals surface area contributed by atoms with Crippen molar-refractivity contribution in [1.82, 2.24) is 15.1 Å². The van der Waals surface area contributed by atoms with Gasteiger partial charge in [-0.3, -0.25) is 9.89 Å². The molecule has 1 aromatic heterocycles. The summed E-state index contributed by atoms with van der Waals surface area (Å²) in [5, 5.41) is 9.80. The molecule has 8 heteroatoms. The zero-order valence-corrected chi connectivity index (χ0v) is 12.5. The molecule has 1 unspecified atom stereocenters. The van der Waals surface area contributed by atoms with Crippen LogP contribution in [0.5, 0.6) is 0 Å². The van der Waals surface area contributed by atoms with Crippen LogP contribution < -0.4 is 5.32 Å². The molecule has 0 bridgehead atoms. The number of benzene rings is 1. The quantitative estimate of drug-likeness (QED) is 0.892. The number of nitrogens with zero attached hydrogens (tertiary/aromatic N) is 2. The van der Waals surface area contributed by atoms with E-state index in [-0.39, 0.29) is 5.56 Å². The molecule has 2 aromatic rings. The van der Waals surface area contributed by atoms with Crippen molar-refractivity contribution in [3.63, 3.8) is 0 Å². The zero-order chi connectivity index (χ0) is 16.8. The molecule has 1 amide bonds. The van der Waals surface area contributed by atoms with Crippen molar-refractivity contribution < 1.29 is 18.0 Å². The maximum absolute atomic E-state index is 13.0. The second-order valence-corrected chi connectivity index (χ2v) is 5.49. The summed E-state index contributed by atoms with van der Waals surface area (Å²) in [6.07, 6.45) is -5.41. The van der Waals surface area contributed by atoms with Gasteiger partial charge in [0.2, 0.25) is 0 Å². The van der Waals surface area contributed by atoms with Gasteiger partial charge in [0.05, 0.1) is 11.3 Å². The molecule has 1 aliphatic rings. The van der Waals surface area contributed by atoms with Gasteiger partial charge in [-0.1, -0.05) is 12.1 Å². The Morgan fingerprint density at radius 3 is 2.57 bits per heavy atom. The van der Waals surface area contributed by atoms with E-state index in [1.165, 1.54) is 6.07 Å². The molecule has 1 atom stereocenters. The van der Waals surface area contributed by atoms with Gasteiger partial charge in [-0.05, 0) is 26.0 Å². The molecule has 5 nitrogen and oxygen atoms in total. The van der Waals surface area contributed by atoms with Crippen molar-refractivity contribution >= 4 is 11.6 Å². The maximum Gasteiger partial charge on any atom is 0.406 e. The first-order valence-electron chi connectivity index (χ1n) is 7.02. The standard InChI is InChI=1S/C15H15F3N4O/c1-8-12(9(2)21-20-8)13-19-11-6-4-3-5-10(11)14(23)22(13)7-15(16,17)18/h3-6,13,19H,7H2,1-2H3,(H,20,21). The summed E-state index contributed by atoms with van der Waals surface area (Å²) in [6.45, 7) is 2.08. The second-order valence-electron chi connectivity index (χ2n) is 5.49. The summed E-state index contributed by atoms with van der Waals surface area (Å²) in [5.41, 5.74) is 2.48. The molecule has 2 N–H and O–H groups in total. The predicted molar refractivity (Wildman–Crippen MR) is 78.0 cm³/mol. The fourth-order valence-corrected chi connectivity index (χ4v) is 2.84. The molecular formula is C15H15F3N4O. The first kappa shape index (κ1) is 15.4. The Kier molecular flexibility index (Phi) is 3.54. The minimum absolute atomic E-state index is 0.229. The SMILES string of the molecule is Cc1n[nH]c(C)c1C1Nc2ccccc2C(=O)N1CC(F)(F)F. The van der Waals surface area contributed by atoms with Gasteiger partial charge in [0.25, 0.3) is 5.91 Å². The molecule has 0 spiro atoms. The number of para-hydroxylation sites is 1. The number of rotatable bonds is 2. The highest BCUT2D eigenvalue weighted by atomic mass is 19.4. The zero-order valence-electron chi connectivity index (χ0n) is 12.5. The molecule has 0 aliphatic carbocycles. The number of carbonyl (C=O) groups is 1. The Morgan fingerprint density at radius 1 is 1.26 bits per heavy atom. The first-order chi connectivity index (χ1) is 10.8. The number of halogens is 3. The van der Waals surface area contributed by atoms with Crippen LogP contribution in [0.2, 0.25) is 0 Å². The number of nitrogens with one attached hydrogen (secondary N) is 2. The van der Waals surface area contributed by atoms with Crippen LogP contribution in [0.1, 0.15) is 33.5 Å². The first-order valence-corrected chi connectivity index (χ1v) is 7.02. The Labute approximate surface area is 130 Å². The second kappa shape index (κ2) is 5.29. The maximum atomic E-state index is 13.0. The number of hydrogen-bond acceptors (Lipinski definition) is 3. The lowest BCUT2D eigenvalue weighted by molar-refractivity contribution is -0.144. The van der Waals surface area contributed by atoms with E-state index in [1.54, 1.807) is 32.0 Å². The highest BCUT2D eigenvalue weighted by molar-refractivity contribution is 6.01. The van der Waals surface area contributed by atoms with Gasteiger partial charge in [-0.25, -0.2) is 0 Å². The Morgan fingerprint density at radius 2 is 1.96 bits per heavy atom. The fourth-order valence-electron chi connectivity index (χ4n) is 2.84. The number of aromatic nitrogens is 2. The summed E-state index contributed by atoms with van der Waals surface area (Å²) in [7, 11) is 0. The summed E-state index contributed by atoms with van der Waals surface area (Å²) < 4.78 is 38.9. The minimum Gasteiger partial charge on any atom is -0.361 e. The number of H-pyrrole nitrogens is 1. The molecule has 1 aromatic carbocycles. The average Bonchev–Trinajstić information content (AvgIpc) is 2.80. The van der Waals surface area contributed by atoms with E-state index in [0.29, 0.717) is 22.6 Å². The Balaban J connectivity index is 2.10. The summed E-state index contributed by atoms with van der Waals surface area (Å²) >= 11 is 0. The number of aromatic amines is 1. The van der Waals surface area contributed by atoms with Gasteiger partial charge in [0, 0.05) is 16.9 Å². The van der Waals surface area contributed by atoms with E-state index in [2.05, 4.69) is 15.5 Å². The number of aryl methyl sites for hydroxylation is 2. The highest BCUT2D eigenvalue weighted by Crippen LogP contribution is 2.36. The third-order valence-electron chi connectivity index (χ3n) is 3.83. The van der Waals surface area contributed by atoms with Crippen molar-refractivity contribution in [2.45, 2.75) is 26.2 Å². The Bertz CT molecular complexity index is 734. The third kappa shape index (κ3) is 2.76. The molecule has 122 valence electrons. The molecule has 2 heterocycles. The molecule has 0 saturated carbocycles. The summed E-state index contributed by atoms with van der Waals surface area (Å²) in [6, 6.07) is 6.54. The monoisotopic (exact) mass is 324 g/mol. The van der Waals surface area contributed by atoms with Crippen molar-refractivity contribution in [1.29, 1.82) is 0 Å². The number of fused-ring (bicyclic) bond motifs is 1.